The predicted octanol–water partition coefficient (Wildman–Crippen LogP) is 8.73. The standard InChI is InChI=1S/C32H33/c1-31(2,3)25-14-15-26-24(19-25)20-28-27(26)16-17-29(32(4,5)6)30(28)23-13-12-22(18-23)21-10-8-7-9-11-21/h7-12,14-20H,13H2,1-6H3. The van der Waals surface area contributed by atoms with Crippen LogP contribution in [0, 0.1) is 6.42 Å². The second-order valence-electron chi connectivity index (χ2n) is 11.3. The topological polar surface area (TPSA) is 0 Å². The molecule has 5 rings (SSSR count). The third kappa shape index (κ3) is 3.56. The molecule has 0 N–H and O–H groups in total. The van der Waals surface area contributed by atoms with E-state index in [-0.39, 0.29) is 10.8 Å². The summed E-state index contributed by atoms with van der Waals surface area (Å²) in [5, 5.41) is 0. The van der Waals surface area contributed by atoms with Gasteiger partial charge >= 0.3 is 0 Å². The smallest absolute Gasteiger partial charge is 0.0218 e. The number of rotatable bonds is 2. The Morgan fingerprint density at radius 1 is 0.719 bits per heavy atom. The van der Waals surface area contributed by atoms with Crippen LogP contribution in [0.4, 0.5) is 0 Å². The van der Waals surface area contributed by atoms with Gasteiger partial charge in [0.2, 0.25) is 0 Å². The van der Waals surface area contributed by atoms with Crippen molar-refractivity contribution in [3.63, 3.8) is 0 Å². The van der Waals surface area contributed by atoms with Crippen LogP contribution in [0.25, 0.3) is 22.3 Å². The van der Waals surface area contributed by atoms with Crippen molar-refractivity contribution in [2.45, 2.75) is 58.8 Å². The van der Waals surface area contributed by atoms with Gasteiger partial charge in [0.1, 0.15) is 0 Å². The number of hydrogen-bond acceptors (Lipinski definition) is 0. The summed E-state index contributed by atoms with van der Waals surface area (Å²) < 4.78 is 0. The quantitative estimate of drug-likeness (QED) is 0.306. The maximum Gasteiger partial charge on any atom is 0.0218 e. The van der Waals surface area contributed by atoms with E-state index >= 15 is 0 Å². The maximum absolute atomic E-state index is 2.44. The highest BCUT2D eigenvalue weighted by Crippen LogP contribution is 2.48. The zero-order chi connectivity index (χ0) is 22.7. The summed E-state index contributed by atoms with van der Waals surface area (Å²) in [5.41, 5.74) is 14.1. The van der Waals surface area contributed by atoms with Crippen LogP contribution < -0.4 is 0 Å². The molecule has 32 heavy (non-hydrogen) atoms. The fourth-order valence-corrected chi connectivity index (χ4v) is 5.06. The lowest BCUT2D eigenvalue weighted by Gasteiger charge is -2.26. The van der Waals surface area contributed by atoms with Crippen LogP contribution in [0.5, 0.6) is 0 Å². The number of hydrogen-bond donors (Lipinski definition) is 0. The van der Waals surface area contributed by atoms with Crippen molar-refractivity contribution in [1.82, 2.24) is 0 Å². The number of allylic oxidation sites excluding steroid dienone is 4. The first-order valence-electron chi connectivity index (χ1n) is 11.8. The van der Waals surface area contributed by atoms with E-state index in [0.717, 1.165) is 6.42 Å². The van der Waals surface area contributed by atoms with E-state index in [2.05, 4.69) is 121 Å². The highest BCUT2D eigenvalue weighted by molar-refractivity contribution is 5.95. The van der Waals surface area contributed by atoms with E-state index in [1.165, 1.54) is 55.7 Å². The van der Waals surface area contributed by atoms with E-state index < -0.39 is 0 Å². The van der Waals surface area contributed by atoms with Gasteiger partial charge in [0.15, 0.2) is 0 Å². The van der Waals surface area contributed by atoms with Crippen molar-refractivity contribution < 1.29 is 0 Å². The lowest BCUT2D eigenvalue weighted by Crippen LogP contribution is -2.15. The van der Waals surface area contributed by atoms with Crippen LogP contribution in [0.1, 0.15) is 81.3 Å². The summed E-state index contributed by atoms with van der Waals surface area (Å²) in [4.78, 5) is 0. The Labute approximate surface area is 193 Å². The minimum Gasteiger partial charge on any atom is -0.0722 e. The molecule has 0 aliphatic heterocycles. The van der Waals surface area contributed by atoms with Gasteiger partial charge in [-0.05, 0) is 72.9 Å². The highest BCUT2D eigenvalue weighted by Gasteiger charge is 2.30. The van der Waals surface area contributed by atoms with E-state index in [1.807, 2.05) is 0 Å². The van der Waals surface area contributed by atoms with E-state index in [9.17, 15) is 0 Å². The Kier molecular flexibility index (Phi) is 4.82. The number of benzene rings is 3. The molecule has 0 nitrogen and oxygen atoms in total. The second-order valence-corrected chi connectivity index (χ2v) is 11.3. The average molecular weight is 418 g/mol. The molecular formula is C32H33. The Balaban J connectivity index is 1.64. The molecule has 2 aliphatic carbocycles. The third-order valence-corrected chi connectivity index (χ3v) is 6.86. The Morgan fingerprint density at radius 3 is 2.12 bits per heavy atom. The predicted molar refractivity (Wildman–Crippen MR) is 139 cm³/mol. The van der Waals surface area contributed by atoms with Crippen molar-refractivity contribution in [2.75, 3.05) is 0 Å². The summed E-state index contributed by atoms with van der Waals surface area (Å²) in [6.07, 6.45) is 8.22. The molecule has 1 radical (unpaired) electrons. The molecule has 0 amide bonds. The first-order chi connectivity index (χ1) is 15.1. The van der Waals surface area contributed by atoms with Crippen LogP contribution in [-0.4, -0.2) is 0 Å². The highest BCUT2D eigenvalue weighted by atomic mass is 14.3. The van der Waals surface area contributed by atoms with Gasteiger partial charge in [-0.3, -0.25) is 0 Å². The van der Waals surface area contributed by atoms with Gasteiger partial charge in [0, 0.05) is 6.42 Å². The summed E-state index contributed by atoms with van der Waals surface area (Å²) in [5.74, 6) is 0. The summed E-state index contributed by atoms with van der Waals surface area (Å²) in [6, 6.07) is 22.5. The lowest BCUT2D eigenvalue weighted by molar-refractivity contribution is 0.588. The molecule has 0 bridgehead atoms. The summed E-state index contributed by atoms with van der Waals surface area (Å²) in [7, 11) is 0. The first-order valence-corrected chi connectivity index (χ1v) is 11.8. The molecule has 161 valence electrons. The molecule has 3 aromatic rings. The normalized spacial score (nSPS) is 15.3. The molecule has 0 atom stereocenters. The van der Waals surface area contributed by atoms with Gasteiger partial charge in [-0.15, -0.1) is 0 Å². The molecule has 0 saturated carbocycles. The van der Waals surface area contributed by atoms with Gasteiger partial charge in [-0.2, -0.15) is 0 Å². The van der Waals surface area contributed by atoms with Crippen molar-refractivity contribution >= 4 is 11.1 Å². The maximum atomic E-state index is 2.44. The van der Waals surface area contributed by atoms with Crippen LogP contribution >= 0.6 is 0 Å². The van der Waals surface area contributed by atoms with Gasteiger partial charge in [0.05, 0.1) is 0 Å². The van der Waals surface area contributed by atoms with Crippen LogP contribution in [0.15, 0.2) is 72.8 Å². The summed E-state index contributed by atoms with van der Waals surface area (Å²) >= 11 is 0. The minimum atomic E-state index is 0.0832. The largest absolute Gasteiger partial charge is 0.0722 e. The molecule has 3 aromatic carbocycles. The second kappa shape index (κ2) is 7.34. The van der Waals surface area contributed by atoms with E-state index in [1.54, 1.807) is 0 Å². The molecular weight excluding hydrogens is 384 g/mol. The molecule has 0 unspecified atom stereocenters. The fourth-order valence-electron chi connectivity index (χ4n) is 5.06. The lowest BCUT2D eigenvalue weighted by atomic mass is 9.78. The molecule has 0 heterocycles. The van der Waals surface area contributed by atoms with Gasteiger partial charge in [-0.1, -0.05) is 114 Å². The Morgan fingerprint density at radius 2 is 1.44 bits per heavy atom. The van der Waals surface area contributed by atoms with Crippen molar-refractivity contribution in [3.8, 4) is 11.1 Å². The average Bonchev–Trinajstić information content (AvgIpc) is 3.37. The van der Waals surface area contributed by atoms with Crippen LogP contribution in [-0.2, 0) is 10.8 Å². The first kappa shape index (κ1) is 21.0. The monoisotopic (exact) mass is 417 g/mol. The van der Waals surface area contributed by atoms with Crippen molar-refractivity contribution in [1.29, 1.82) is 0 Å². The van der Waals surface area contributed by atoms with E-state index in [4.69, 9.17) is 0 Å². The molecule has 0 aromatic heterocycles. The van der Waals surface area contributed by atoms with Crippen molar-refractivity contribution in [2.24, 2.45) is 0 Å². The summed E-state index contributed by atoms with van der Waals surface area (Å²) in [6.45, 7) is 13.9. The molecule has 0 fully saturated rings. The van der Waals surface area contributed by atoms with Gasteiger partial charge in [-0.25, -0.2) is 0 Å². The molecule has 2 aliphatic rings. The Hall–Kier alpha value is -2.86. The SMILES string of the molecule is CC(C)(C)c1ccc2c(c1)[CH]c1c-2ccc(C(C)(C)C)c1C1=CC(c2ccccc2)=CC1. The minimum absolute atomic E-state index is 0.0832. The fraction of sp³-hybridized carbons (Fsp3) is 0.281. The van der Waals surface area contributed by atoms with Gasteiger partial charge in [0.25, 0.3) is 0 Å². The zero-order valence-corrected chi connectivity index (χ0v) is 20.2. The third-order valence-electron chi connectivity index (χ3n) is 6.86. The van der Waals surface area contributed by atoms with Crippen LogP contribution in [0.2, 0.25) is 0 Å². The zero-order valence-electron chi connectivity index (χ0n) is 20.2. The van der Waals surface area contributed by atoms with Gasteiger partial charge < -0.3 is 0 Å². The van der Waals surface area contributed by atoms with E-state index in [0.29, 0.717) is 0 Å². The van der Waals surface area contributed by atoms with Crippen LogP contribution in [0.3, 0.4) is 0 Å². The molecule has 0 heteroatoms. The Bertz CT molecular complexity index is 1250. The molecule has 0 spiro atoms. The number of fused-ring (bicyclic) bond motifs is 3. The molecule has 0 saturated heterocycles. The van der Waals surface area contributed by atoms with Crippen molar-refractivity contribution in [3.05, 3.63) is 113 Å².